The topological polar surface area (TPSA) is 49.4 Å². The van der Waals surface area contributed by atoms with Crippen molar-refractivity contribution < 1.29 is 0 Å². The normalized spacial score (nSPS) is 30.3. The van der Waals surface area contributed by atoms with Crippen molar-refractivity contribution >= 4 is 22.8 Å². The van der Waals surface area contributed by atoms with E-state index < -0.39 is 0 Å². The van der Waals surface area contributed by atoms with E-state index >= 15 is 0 Å². The van der Waals surface area contributed by atoms with Gasteiger partial charge in [-0.2, -0.15) is 20.4 Å². The monoisotopic (exact) mass is 697 g/mol. The molecule has 292 valence electrons. The fourth-order valence-corrected chi connectivity index (χ4v) is 8.02. The number of hydrogen-bond donors (Lipinski definition) is 0. The predicted octanol–water partition coefficient (Wildman–Crippen LogP) is 14.8. The van der Waals surface area contributed by atoms with Gasteiger partial charge < -0.3 is 0 Å². The van der Waals surface area contributed by atoms with Crippen LogP contribution in [0.15, 0.2) is 20.4 Å². The van der Waals surface area contributed by atoms with Gasteiger partial charge in [-0.05, 0) is 138 Å². The molecule has 0 N–H and O–H groups in total. The molecule has 0 saturated heterocycles. The second kappa shape index (κ2) is 24.8. The summed E-state index contributed by atoms with van der Waals surface area (Å²) in [5.74, 6) is 10.3. The lowest BCUT2D eigenvalue weighted by atomic mass is 9.74. The Balaban J connectivity index is 0.000000367. The summed E-state index contributed by atoms with van der Waals surface area (Å²) < 4.78 is 0. The van der Waals surface area contributed by atoms with Crippen LogP contribution < -0.4 is 0 Å². The maximum atomic E-state index is 4.55. The van der Waals surface area contributed by atoms with Gasteiger partial charge in [-0.3, -0.25) is 0 Å². The first-order valence-electron chi connectivity index (χ1n) is 22.1. The Kier molecular flexibility index (Phi) is 23.2. The van der Waals surface area contributed by atoms with Gasteiger partial charge in [0.25, 0.3) is 0 Å². The van der Waals surface area contributed by atoms with Crippen molar-refractivity contribution in [2.75, 3.05) is 0 Å². The molecule has 4 saturated carbocycles. The van der Waals surface area contributed by atoms with E-state index in [9.17, 15) is 0 Å². The Morgan fingerprint density at radius 1 is 0.420 bits per heavy atom. The lowest BCUT2D eigenvalue weighted by molar-refractivity contribution is 0.374. The largest absolute Gasteiger partial charge is 0.160 e. The van der Waals surface area contributed by atoms with Gasteiger partial charge in [-0.15, -0.1) is 0 Å². The van der Waals surface area contributed by atoms with Gasteiger partial charge >= 0.3 is 0 Å². The number of hydrogen-bond acceptors (Lipinski definition) is 4. The Hall–Kier alpha value is -1.32. The van der Waals surface area contributed by atoms with Crippen LogP contribution in [0.25, 0.3) is 0 Å². The third-order valence-electron chi connectivity index (χ3n) is 12.0. The summed E-state index contributed by atoms with van der Waals surface area (Å²) in [5, 5.41) is 18.0. The Morgan fingerprint density at radius 3 is 0.920 bits per heavy atom. The van der Waals surface area contributed by atoms with Crippen molar-refractivity contribution in [3.8, 4) is 0 Å². The molecule has 0 aromatic rings. The quantitative estimate of drug-likeness (QED) is 0.265. The zero-order valence-corrected chi connectivity index (χ0v) is 36.6. The average molecular weight is 697 g/mol. The molecule has 4 nitrogen and oxygen atoms in total. The molecule has 2 aliphatic heterocycles. The molecule has 0 radical (unpaired) electrons. The molecule has 0 aromatic heterocycles. The Bertz CT molecular complexity index is 949. The van der Waals surface area contributed by atoms with Gasteiger partial charge in [0.1, 0.15) is 0 Å². The summed E-state index contributed by atoms with van der Waals surface area (Å²) in [6, 6.07) is 0. The molecule has 6 aliphatic rings. The smallest absolute Gasteiger partial charge is 0.0445 e. The second-order valence-corrected chi connectivity index (χ2v) is 17.7. The second-order valence-electron chi connectivity index (χ2n) is 17.7. The molecular weight excluding hydrogens is 609 g/mol. The van der Waals surface area contributed by atoms with Crippen molar-refractivity contribution in [1.29, 1.82) is 0 Å². The van der Waals surface area contributed by atoms with Crippen molar-refractivity contribution in [2.24, 2.45) is 91.4 Å². The molecule has 8 atom stereocenters. The van der Waals surface area contributed by atoms with Crippen molar-refractivity contribution in [2.45, 2.75) is 201 Å². The van der Waals surface area contributed by atoms with Gasteiger partial charge in [0.15, 0.2) is 0 Å². The van der Waals surface area contributed by atoms with Crippen LogP contribution >= 0.6 is 0 Å². The fourth-order valence-electron chi connectivity index (χ4n) is 8.02. The highest BCUT2D eigenvalue weighted by atomic mass is 15.2. The summed E-state index contributed by atoms with van der Waals surface area (Å²) >= 11 is 0. The number of rotatable bonds is 6. The van der Waals surface area contributed by atoms with E-state index in [0.717, 1.165) is 48.3 Å². The predicted molar refractivity (Wildman–Crippen MR) is 227 cm³/mol. The van der Waals surface area contributed by atoms with E-state index in [2.05, 4.69) is 103 Å². The minimum atomic E-state index is 0.706. The van der Waals surface area contributed by atoms with Crippen LogP contribution in [0.5, 0.6) is 0 Å². The molecular formula is C46H88N4. The SMILES string of the molecule is CC.CC.CC1=NN=C(CC(C)C)C2CCC3CC3CCC12.CC1=NN=C(CC(C)C)C2CCC3CC3CCC12.CCC(C)C.CCC(C)C. The average Bonchev–Trinajstić information content (AvgIpc) is 4.00. The summed E-state index contributed by atoms with van der Waals surface area (Å²) in [7, 11) is 0. The van der Waals surface area contributed by atoms with Gasteiger partial charge in [-0.1, -0.05) is 110 Å². The van der Waals surface area contributed by atoms with E-state index in [1.54, 1.807) is 0 Å². The Labute approximate surface area is 314 Å². The minimum absolute atomic E-state index is 0.706. The first-order chi connectivity index (χ1) is 23.8. The molecule has 50 heavy (non-hydrogen) atoms. The molecule has 8 unspecified atom stereocenters. The molecule has 0 spiro atoms. The highest BCUT2D eigenvalue weighted by molar-refractivity contribution is 5.98. The number of fused-ring (bicyclic) bond motifs is 4. The minimum Gasteiger partial charge on any atom is -0.160 e. The summed E-state index contributed by atoms with van der Waals surface area (Å²) in [4.78, 5) is 0. The summed E-state index contributed by atoms with van der Waals surface area (Å²) in [6.45, 7) is 34.9. The lowest BCUT2D eigenvalue weighted by Crippen LogP contribution is -2.33. The number of nitrogens with zero attached hydrogens (tertiary/aromatic N) is 4. The lowest BCUT2D eigenvalue weighted by Gasteiger charge is -2.32. The van der Waals surface area contributed by atoms with Crippen LogP contribution in [0.2, 0.25) is 0 Å². The molecule has 6 rings (SSSR count). The van der Waals surface area contributed by atoms with E-state index in [1.807, 2.05) is 27.7 Å². The van der Waals surface area contributed by atoms with Crippen LogP contribution in [0.4, 0.5) is 0 Å². The molecule has 4 heteroatoms. The molecule has 0 amide bonds. The van der Waals surface area contributed by atoms with Gasteiger partial charge in [-0.25, -0.2) is 0 Å². The zero-order valence-electron chi connectivity index (χ0n) is 36.6. The standard InChI is InChI=1S/2C16H26N2.2C5H12.2C2H6/c2*1-10(2)8-16-15-7-5-13-9-12(13)4-6-14(15)11(3)17-18-16;2*1-4-5(2)3;2*1-2/h2*10,12-15H,4-9H2,1-3H3;2*5H,4H2,1-3H3;2*1-2H3. The third-order valence-corrected chi connectivity index (χ3v) is 12.0. The highest BCUT2D eigenvalue weighted by Crippen LogP contribution is 2.51. The van der Waals surface area contributed by atoms with Crippen molar-refractivity contribution in [3.05, 3.63) is 0 Å². The van der Waals surface area contributed by atoms with Gasteiger partial charge in [0, 0.05) is 46.5 Å². The van der Waals surface area contributed by atoms with Crippen LogP contribution in [0, 0.1) is 71.0 Å². The first-order valence-corrected chi connectivity index (χ1v) is 22.1. The molecule has 2 heterocycles. The van der Waals surface area contributed by atoms with Crippen LogP contribution in [0.3, 0.4) is 0 Å². The Morgan fingerprint density at radius 2 is 0.680 bits per heavy atom. The summed E-state index contributed by atoms with van der Waals surface area (Å²) in [5.41, 5.74) is 5.40. The molecule has 4 aliphatic carbocycles. The zero-order chi connectivity index (χ0) is 38.0. The maximum absolute atomic E-state index is 4.55. The molecule has 4 fully saturated rings. The van der Waals surface area contributed by atoms with E-state index in [1.165, 1.54) is 99.9 Å². The summed E-state index contributed by atoms with van der Waals surface area (Å²) in [6.07, 6.45) is 19.1. The van der Waals surface area contributed by atoms with E-state index in [0.29, 0.717) is 35.5 Å². The van der Waals surface area contributed by atoms with Gasteiger partial charge in [0.05, 0.1) is 0 Å². The van der Waals surface area contributed by atoms with Gasteiger partial charge in [0.2, 0.25) is 0 Å². The third kappa shape index (κ3) is 16.6. The maximum Gasteiger partial charge on any atom is 0.0445 e. The van der Waals surface area contributed by atoms with Crippen molar-refractivity contribution in [1.82, 2.24) is 0 Å². The van der Waals surface area contributed by atoms with E-state index in [4.69, 9.17) is 0 Å². The first kappa shape index (κ1) is 46.7. The molecule has 0 aromatic carbocycles. The van der Waals surface area contributed by atoms with E-state index in [-0.39, 0.29) is 0 Å². The fraction of sp³-hybridized carbons (Fsp3) is 0.913. The van der Waals surface area contributed by atoms with Crippen LogP contribution in [0.1, 0.15) is 201 Å². The van der Waals surface area contributed by atoms with Crippen LogP contribution in [-0.4, -0.2) is 22.8 Å². The molecule has 0 bridgehead atoms. The highest BCUT2D eigenvalue weighted by Gasteiger charge is 2.43. The van der Waals surface area contributed by atoms with Crippen molar-refractivity contribution in [3.63, 3.8) is 0 Å². The van der Waals surface area contributed by atoms with Crippen LogP contribution in [-0.2, 0) is 0 Å².